The van der Waals surface area contributed by atoms with Crippen molar-refractivity contribution in [2.45, 2.75) is 65.3 Å². The Hall–Kier alpha value is -0.410. The van der Waals surface area contributed by atoms with E-state index in [1.54, 1.807) is 11.3 Å². The average Bonchev–Trinajstić information content (AvgIpc) is 2.92. The van der Waals surface area contributed by atoms with Crippen LogP contribution in [-0.4, -0.2) is 17.6 Å². The van der Waals surface area contributed by atoms with Crippen LogP contribution in [-0.2, 0) is 6.42 Å². The van der Waals surface area contributed by atoms with E-state index in [0.29, 0.717) is 5.41 Å². The van der Waals surface area contributed by atoms with E-state index in [1.165, 1.54) is 37.1 Å². The summed E-state index contributed by atoms with van der Waals surface area (Å²) in [5.41, 5.74) is 0.534. The zero-order valence-electron chi connectivity index (χ0n) is 12.6. The number of aromatic nitrogens is 1. The summed E-state index contributed by atoms with van der Waals surface area (Å²) in [6.07, 6.45) is 9.79. The lowest BCUT2D eigenvalue weighted by Gasteiger charge is -2.39. The molecule has 1 N–H and O–H groups in total. The molecule has 1 fully saturated rings. The number of rotatable bonds is 6. The Morgan fingerprint density at radius 3 is 2.63 bits per heavy atom. The summed E-state index contributed by atoms with van der Waals surface area (Å²) in [5.74, 6) is 0.925. The van der Waals surface area contributed by atoms with E-state index in [2.05, 4.69) is 36.5 Å². The van der Waals surface area contributed by atoms with E-state index in [1.807, 2.05) is 6.20 Å². The average molecular weight is 280 g/mol. The Bertz CT molecular complexity index is 351. The van der Waals surface area contributed by atoms with Crippen LogP contribution in [0.3, 0.4) is 0 Å². The summed E-state index contributed by atoms with van der Waals surface area (Å²) in [5, 5.41) is 7.04. The predicted octanol–water partition coefficient (Wildman–Crippen LogP) is 4.27. The second kappa shape index (κ2) is 6.85. The highest BCUT2D eigenvalue weighted by Gasteiger charge is 2.31. The molecule has 0 unspecified atom stereocenters. The molecule has 1 saturated carbocycles. The Morgan fingerprint density at radius 2 is 2.05 bits per heavy atom. The fourth-order valence-corrected chi connectivity index (χ4v) is 3.75. The number of nitrogens with one attached hydrogen (secondary N) is 1. The second-order valence-electron chi connectivity index (χ2n) is 6.52. The maximum atomic E-state index is 4.33. The lowest BCUT2D eigenvalue weighted by Crippen LogP contribution is -2.37. The number of nitrogens with zero attached hydrogens (tertiary/aromatic N) is 1. The molecule has 1 heterocycles. The first-order valence-corrected chi connectivity index (χ1v) is 8.61. The van der Waals surface area contributed by atoms with Crippen molar-refractivity contribution in [2.75, 3.05) is 6.54 Å². The molecular weight excluding hydrogens is 252 g/mol. The lowest BCUT2D eigenvalue weighted by molar-refractivity contribution is 0.137. The molecule has 2 rings (SSSR count). The third-order valence-electron chi connectivity index (χ3n) is 5.00. The normalized spacial score (nSPS) is 24.6. The van der Waals surface area contributed by atoms with Crippen LogP contribution in [0.5, 0.6) is 0 Å². The summed E-state index contributed by atoms with van der Waals surface area (Å²) in [6.45, 7) is 8.29. The monoisotopic (exact) mass is 280 g/mol. The van der Waals surface area contributed by atoms with E-state index < -0.39 is 0 Å². The largest absolute Gasteiger partial charge is 0.314 e. The minimum atomic E-state index is 0.534. The van der Waals surface area contributed by atoms with Crippen LogP contribution in [0.15, 0.2) is 11.6 Å². The third-order valence-corrected chi connectivity index (χ3v) is 5.84. The second-order valence-corrected chi connectivity index (χ2v) is 7.50. The summed E-state index contributed by atoms with van der Waals surface area (Å²) < 4.78 is 0. The van der Waals surface area contributed by atoms with Crippen LogP contribution in [0.1, 0.15) is 57.9 Å². The van der Waals surface area contributed by atoms with E-state index in [9.17, 15) is 0 Å². The highest BCUT2D eigenvalue weighted by molar-refractivity contribution is 7.09. The van der Waals surface area contributed by atoms with Gasteiger partial charge in [-0.1, -0.05) is 27.2 Å². The summed E-state index contributed by atoms with van der Waals surface area (Å²) in [6, 6.07) is 0.740. The van der Waals surface area contributed by atoms with Crippen molar-refractivity contribution in [1.82, 2.24) is 10.3 Å². The van der Waals surface area contributed by atoms with Crippen LogP contribution in [0, 0.1) is 11.3 Å². The van der Waals surface area contributed by atoms with Gasteiger partial charge in [-0.15, -0.1) is 11.3 Å². The van der Waals surface area contributed by atoms with Crippen LogP contribution in [0.2, 0.25) is 0 Å². The van der Waals surface area contributed by atoms with E-state index in [-0.39, 0.29) is 0 Å². The summed E-state index contributed by atoms with van der Waals surface area (Å²) in [7, 11) is 0. The standard InChI is InChI=1S/C16H28N2S/c1-4-16(2,3)13-5-7-14(8-6-13)17-10-9-15-18-11-12-19-15/h11-14,17H,4-10H2,1-3H3. The maximum absolute atomic E-state index is 4.33. The van der Waals surface area contributed by atoms with E-state index in [4.69, 9.17) is 0 Å². The van der Waals surface area contributed by atoms with Gasteiger partial charge >= 0.3 is 0 Å². The van der Waals surface area contributed by atoms with Gasteiger partial charge in [0.2, 0.25) is 0 Å². The molecule has 2 nitrogen and oxygen atoms in total. The molecular formula is C16H28N2S. The highest BCUT2D eigenvalue weighted by atomic mass is 32.1. The number of hydrogen-bond donors (Lipinski definition) is 1. The molecule has 19 heavy (non-hydrogen) atoms. The van der Waals surface area contributed by atoms with Crippen molar-refractivity contribution in [3.63, 3.8) is 0 Å². The molecule has 0 amide bonds. The first kappa shape index (κ1) is 15.0. The van der Waals surface area contributed by atoms with Crippen molar-refractivity contribution in [2.24, 2.45) is 11.3 Å². The number of hydrogen-bond acceptors (Lipinski definition) is 3. The first-order chi connectivity index (χ1) is 9.12. The van der Waals surface area contributed by atoms with Crippen LogP contribution in [0.25, 0.3) is 0 Å². The van der Waals surface area contributed by atoms with Gasteiger partial charge in [-0.2, -0.15) is 0 Å². The van der Waals surface area contributed by atoms with Crippen molar-refractivity contribution >= 4 is 11.3 Å². The van der Waals surface area contributed by atoms with Crippen molar-refractivity contribution in [3.8, 4) is 0 Å². The van der Waals surface area contributed by atoms with Gasteiger partial charge in [0.25, 0.3) is 0 Å². The van der Waals surface area contributed by atoms with Gasteiger partial charge < -0.3 is 5.32 Å². The molecule has 0 atom stereocenters. The Labute approximate surface area is 122 Å². The molecule has 1 aliphatic carbocycles. The van der Waals surface area contributed by atoms with Crippen molar-refractivity contribution < 1.29 is 0 Å². The maximum Gasteiger partial charge on any atom is 0.0937 e. The molecule has 0 radical (unpaired) electrons. The molecule has 108 valence electrons. The highest BCUT2D eigenvalue weighted by Crippen LogP contribution is 2.40. The van der Waals surface area contributed by atoms with Gasteiger partial charge in [0.1, 0.15) is 0 Å². The predicted molar refractivity (Wildman–Crippen MR) is 83.6 cm³/mol. The molecule has 3 heteroatoms. The van der Waals surface area contributed by atoms with Crippen molar-refractivity contribution in [3.05, 3.63) is 16.6 Å². The first-order valence-electron chi connectivity index (χ1n) is 7.73. The third kappa shape index (κ3) is 4.28. The molecule has 0 aromatic carbocycles. The Morgan fingerprint density at radius 1 is 1.32 bits per heavy atom. The quantitative estimate of drug-likeness (QED) is 0.841. The van der Waals surface area contributed by atoms with Gasteiger partial charge in [-0.3, -0.25) is 0 Å². The van der Waals surface area contributed by atoms with Crippen molar-refractivity contribution in [1.29, 1.82) is 0 Å². The zero-order chi connectivity index (χ0) is 13.7. The zero-order valence-corrected chi connectivity index (χ0v) is 13.4. The minimum Gasteiger partial charge on any atom is -0.314 e. The topological polar surface area (TPSA) is 24.9 Å². The van der Waals surface area contributed by atoms with Gasteiger partial charge in [-0.05, 0) is 37.0 Å². The fourth-order valence-electron chi connectivity index (χ4n) is 3.13. The molecule has 1 aliphatic rings. The smallest absolute Gasteiger partial charge is 0.0937 e. The van der Waals surface area contributed by atoms with E-state index >= 15 is 0 Å². The van der Waals surface area contributed by atoms with Gasteiger partial charge in [0.15, 0.2) is 0 Å². The van der Waals surface area contributed by atoms with Crippen LogP contribution >= 0.6 is 11.3 Å². The molecule has 0 aliphatic heterocycles. The number of thiazole rings is 1. The molecule has 0 spiro atoms. The van der Waals surface area contributed by atoms with Gasteiger partial charge in [0, 0.05) is 30.6 Å². The minimum absolute atomic E-state index is 0.534. The summed E-state index contributed by atoms with van der Waals surface area (Å²) >= 11 is 1.77. The molecule has 0 bridgehead atoms. The van der Waals surface area contributed by atoms with Crippen LogP contribution in [0.4, 0.5) is 0 Å². The van der Waals surface area contributed by atoms with Gasteiger partial charge in [0.05, 0.1) is 5.01 Å². The molecule has 0 saturated heterocycles. The van der Waals surface area contributed by atoms with E-state index in [0.717, 1.165) is 24.9 Å². The van der Waals surface area contributed by atoms with Crippen LogP contribution < -0.4 is 5.32 Å². The Balaban J connectivity index is 1.66. The summed E-state index contributed by atoms with van der Waals surface area (Å²) in [4.78, 5) is 4.33. The lowest BCUT2D eigenvalue weighted by atomic mass is 9.69. The SMILES string of the molecule is CCC(C)(C)C1CCC(NCCc2nccs2)CC1. The van der Waals surface area contributed by atoms with Gasteiger partial charge in [-0.25, -0.2) is 4.98 Å². The Kier molecular flexibility index (Phi) is 5.40. The molecule has 1 aromatic rings. The molecule has 1 aromatic heterocycles. The fraction of sp³-hybridized carbons (Fsp3) is 0.812.